The third-order valence-electron chi connectivity index (χ3n) is 12.2. The van der Waals surface area contributed by atoms with Crippen LogP contribution >= 0.6 is 0 Å². The van der Waals surface area contributed by atoms with Crippen LogP contribution < -0.4 is 5.32 Å². The standard InChI is InChI=1S/C54H103NO5/c1-3-5-7-9-11-13-15-23-28-32-36-40-44-48-54(59)60-49-45-41-37-33-29-25-22-20-18-16-17-19-21-24-27-31-35-39-43-47-53(58)55-51(50-56)52(57)46-42-38-34-30-26-14-12-10-8-6-4-2/h13,15-17,51-52,56-57H,3-12,14,18-50H2,1-2H3,(H,55,58)/b15-13-,17-16-. The maximum atomic E-state index is 12.4. The van der Waals surface area contributed by atoms with E-state index in [0.717, 1.165) is 44.9 Å². The molecule has 0 bridgehead atoms. The molecule has 0 aliphatic carbocycles. The monoisotopic (exact) mass is 846 g/mol. The molecule has 0 aromatic heterocycles. The van der Waals surface area contributed by atoms with Crippen molar-refractivity contribution in [1.82, 2.24) is 5.32 Å². The van der Waals surface area contributed by atoms with E-state index < -0.39 is 12.1 Å². The molecule has 6 nitrogen and oxygen atoms in total. The second kappa shape index (κ2) is 50.0. The van der Waals surface area contributed by atoms with Gasteiger partial charge in [-0.1, -0.05) is 218 Å². The Morgan fingerprint density at radius 3 is 1.20 bits per heavy atom. The highest BCUT2D eigenvalue weighted by atomic mass is 16.5. The van der Waals surface area contributed by atoms with Crippen LogP contribution in [0, 0.1) is 0 Å². The summed E-state index contributed by atoms with van der Waals surface area (Å²) in [5.74, 6) is -0.0516. The molecule has 3 N–H and O–H groups in total. The van der Waals surface area contributed by atoms with Gasteiger partial charge in [-0.3, -0.25) is 9.59 Å². The summed E-state index contributed by atoms with van der Waals surface area (Å²) in [7, 11) is 0. The van der Waals surface area contributed by atoms with Crippen molar-refractivity contribution in [1.29, 1.82) is 0 Å². The molecule has 0 aliphatic rings. The lowest BCUT2D eigenvalue weighted by atomic mass is 10.0. The van der Waals surface area contributed by atoms with Crippen LogP contribution in [-0.4, -0.2) is 47.4 Å². The summed E-state index contributed by atoms with van der Waals surface area (Å²) in [6.45, 7) is 4.91. The molecule has 0 aromatic carbocycles. The summed E-state index contributed by atoms with van der Waals surface area (Å²) in [5, 5.41) is 23.1. The Bertz CT molecular complexity index is 935. The van der Waals surface area contributed by atoms with Crippen LogP contribution in [0.1, 0.15) is 284 Å². The predicted octanol–water partition coefficient (Wildman–Crippen LogP) is 15.9. The highest BCUT2D eigenvalue weighted by Gasteiger charge is 2.20. The van der Waals surface area contributed by atoms with Crippen molar-refractivity contribution in [2.75, 3.05) is 13.2 Å². The normalized spacial score (nSPS) is 12.8. The van der Waals surface area contributed by atoms with Gasteiger partial charge in [-0.2, -0.15) is 0 Å². The minimum atomic E-state index is -0.668. The number of hydrogen-bond donors (Lipinski definition) is 3. The molecule has 2 atom stereocenters. The number of allylic oxidation sites excluding steroid dienone is 4. The zero-order valence-corrected chi connectivity index (χ0v) is 40.2. The smallest absolute Gasteiger partial charge is 0.305 e. The van der Waals surface area contributed by atoms with Crippen LogP contribution in [0.4, 0.5) is 0 Å². The molecule has 0 saturated carbocycles. The van der Waals surface area contributed by atoms with E-state index in [-0.39, 0.29) is 18.5 Å². The molecule has 0 saturated heterocycles. The average Bonchev–Trinajstić information content (AvgIpc) is 3.25. The lowest BCUT2D eigenvalue weighted by Crippen LogP contribution is -2.45. The van der Waals surface area contributed by atoms with Crippen LogP contribution in [-0.2, 0) is 14.3 Å². The predicted molar refractivity (Wildman–Crippen MR) is 260 cm³/mol. The van der Waals surface area contributed by atoms with Crippen LogP contribution in [0.2, 0.25) is 0 Å². The molecule has 354 valence electrons. The third-order valence-corrected chi connectivity index (χ3v) is 12.2. The van der Waals surface area contributed by atoms with Crippen molar-refractivity contribution >= 4 is 11.9 Å². The summed E-state index contributed by atoms with van der Waals surface area (Å²) in [6.07, 6.45) is 58.7. The van der Waals surface area contributed by atoms with Crippen LogP contribution in [0.15, 0.2) is 24.3 Å². The average molecular weight is 846 g/mol. The molecule has 1 amide bonds. The van der Waals surface area contributed by atoms with Gasteiger partial charge in [-0.15, -0.1) is 0 Å². The number of hydrogen-bond acceptors (Lipinski definition) is 5. The van der Waals surface area contributed by atoms with Gasteiger partial charge in [-0.25, -0.2) is 0 Å². The Morgan fingerprint density at radius 2 is 0.783 bits per heavy atom. The number of unbranched alkanes of at least 4 members (excludes halogenated alkanes) is 34. The zero-order valence-electron chi connectivity index (χ0n) is 40.2. The van der Waals surface area contributed by atoms with Crippen LogP contribution in [0.25, 0.3) is 0 Å². The summed E-state index contributed by atoms with van der Waals surface area (Å²) in [4.78, 5) is 24.4. The molecular weight excluding hydrogens is 743 g/mol. The minimum absolute atomic E-state index is 0.00562. The van der Waals surface area contributed by atoms with E-state index >= 15 is 0 Å². The van der Waals surface area contributed by atoms with E-state index in [2.05, 4.69) is 43.5 Å². The maximum absolute atomic E-state index is 12.4. The molecule has 0 spiro atoms. The number of rotatable bonds is 49. The fourth-order valence-corrected chi connectivity index (χ4v) is 8.10. The van der Waals surface area contributed by atoms with Crippen molar-refractivity contribution in [2.24, 2.45) is 0 Å². The zero-order chi connectivity index (χ0) is 43.7. The second-order valence-electron chi connectivity index (χ2n) is 18.2. The Labute approximate surface area is 373 Å². The van der Waals surface area contributed by atoms with E-state index in [4.69, 9.17) is 4.74 Å². The quantitative estimate of drug-likeness (QED) is 0.0322. The second-order valence-corrected chi connectivity index (χ2v) is 18.2. The van der Waals surface area contributed by atoms with E-state index in [9.17, 15) is 19.8 Å². The molecule has 0 heterocycles. The van der Waals surface area contributed by atoms with Gasteiger partial charge in [0.2, 0.25) is 5.91 Å². The summed E-state index contributed by atoms with van der Waals surface area (Å²) in [5.41, 5.74) is 0. The van der Waals surface area contributed by atoms with Crippen molar-refractivity contribution in [3.05, 3.63) is 24.3 Å². The topological polar surface area (TPSA) is 95.9 Å². The van der Waals surface area contributed by atoms with E-state index in [0.29, 0.717) is 25.9 Å². The van der Waals surface area contributed by atoms with Gasteiger partial charge in [0, 0.05) is 12.8 Å². The van der Waals surface area contributed by atoms with E-state index in [1.807, 2.05) is 0 Å². The Kier molecular flexibility index (Phi) is 48.6. The number of carbonyl (C=O) groups is 2. The molecule has 0 fully saturated rings. The summed E-state index contributed by atoms with van der Waals surface area (Å²) < 4.78 is 5.46. The first-order chi connectivity index (χ1) is 29.5. The van der Waals surface area contributed by atoms with Gasteiger partial charge < -0.3 is 20.3 Å². The van der Waals surface area contributed by atoms with Crippen LogP contribution in [0.5, 0.6) is 0 Å². The molecule has 0 aromatic rings. The fourth-order valence-electron chi connectivity index (χ4n) is 8.10. The molecule has 60 heavy (non-hydrogen) atoms. The van der Waals surface area contributed by atoms with Gasteiger partial charge in [0.05, 0.1) is 25.4 Å². The molecule has 6 heteroatoms. The Hall–Kier alpha value is -1.66. The fraction of sp³-hybridized carbons (Fsp3) is 0.889. The third kappa shape index (κ3) is 45.9. The Morgan fingerprint density at radius 1 is 0.450 bits per heavy atom. The minimum Gasteiger partial charge on any atom is -0.466 e. The molecule has 2 unspecified atom stereocenters. The van der Waals surface area contributed by atoms with Crippen molar-refractivity contribution in [2.45, 2.75) is 296 Å². The van der Waals surface area contributed by atoms with Gasteiger partial charge in [0.15, 0.2) is 0 Å². The molecule has 0 aliphatic heterocycles. The van der Waals surface area contributed by atoms with E-state index in [1.54, 1.807) is 0 Å². The first-order valence-electron chi connectivity index (χ1n) is 26.6. The van der Waals surface area contributed by atoms with Gasteiger partial charge in [0.1, 0.15) is 0 Å². The maximum Gasteiger partial charge on any atom is 0.305 e. The van der Waals surface area contributed by atoms with E-state index in [1.165, 1.54) is 205 Å². The molecule has 0 radical (unpaired) electrons. The first-order valence-corrected chi connectivity index (χ1v) is 26.6. The highest BCUT2D eigenvalue weighted by Crippen LogP contribution is 2.16. The summed E-state index contributed by atoms with van der Waals surface area (Å²) >= 11 is 0. The number of ether oxygens (including phenoxy) is 1. The number of amides is 1. The first kappa shape index (κ1) is 58.3. The SMILES string of the molecule is CCCCCC/C=C\CCCCCCCC(=O)OCCCCCCCCCC/C=C\CCCCCCCCCC(=O)NC(CO)C(O)CCCCCCCCCCCCC. The highest BCUT2D eigenvalue weighted by molar-refractivity contribution is 5.76. The van der Waals surface area contributed by atoms with Crippen LogP contribution in [0.3, 0.4) is 0 Å². The number of aliphatic hydroxyl groups is 2. The number of esters is 1. The lowest BCUT2D eigenvalue weighted by molar-refractivity contribution is -0.143. The van der Waals surface area contributed by atoms with Crippen molar-refractivity contribution < 1.29 is 24.5 Å². The molecule has 0 rings (SSSR count). The number of carbonyl (C=O) groups excluding carboxylic acids is 2. The van der Waals surface area contributed by atoms with Crippen molar-refractivity contribution in [3.8, 4) is 0 Å². The largest absolute Gasteiger partial charge is 0.466 e. The molecular formula is C54H103NO5. The Balaban J connectivity index is 3.43. The lowest BCUT2D eigenvalue weighted by Gasteiger charge is -2.22. The summed E-state index contributed by atoms with van der Waals surface area (Å²) in [6, 6.07) is -0.547. The van der Waals surface area contributed by atoms with Crippen molar-refractivity contribution in [3.63, 3.8) is 0 Å². The number of aliphatic hydroxyl groups excluding tert-OH is 2. The van der Waals surface area contributed by atoms with Gasteiger partial charge >= 0.3 is 5.97 Å². The van der Waals surface area contributed by atoms with Gasteiger partial charge in [-0.05, 0) is 77.0 Å². The van der Waals surface area contributed by atoms with Gasteiger partial charge in [0.25, 0.3) is 0 Å². The number of nitrogens with one attached hydrogen (secondary N) is 1.